The van der Waals surface area contributed by atoms with Gasteiger partial charge in [0, 0.05) is 0 Å². The molecule has 1 rings (SSSR count). The molecule has 3 nitrogen and oxygen atoms in total. The minimum atomic E-state index is 0.808. The Morgan fingerprint density at radius 2 is 2.25 bits per heavy atom. The molecule has 0 atom stereocenters. The van der Waals surface area contributed by atoms with Crippen LogP contribution in [0.1, 0.15) is 11.1 Å². The van der Waals surface area contributed by atoms with Gasteiger partial charge in [0.2, 0.25) is 0 Å². The molecule has 0 unspecified atom stereocenters. The van der Waals surface area contributed by atoms with E-state index < -0.39 is 0 Å². The summed E-state index contributed by atoms with van der Waals surface area (Å²) in [5.74, 6) is 0.808. The van der Waals surface area contributed by atoms with Crippen LogP contribution in [0.25, 0.3) is 0 Å². The van der Waals surface area contributed by atoms with Crippen molar-refractivity contribution in [1.82, 2.24) is 0 Å². The van der Waals surface area contributed by atoms with E-state index in [2.05, 4.69) is 5.16 Å². The van der Waals surface area contributed by atoms with E-state index in [1.807, 2.05) is 25.1 Å². The van der Waals surface area contributed by atoms with Gasteiger partial charge in [-0.25, -0.2) is 0 Å². The van der Waals surface area contributed by atoms with Crippen LogP contribution in [-0.4, -0.2) is 18.5 Å². The second-order valence-electron chi connectivity index (χ2n) is 2.47. The molecule has 0 aliphatic carbocycles. The van der Waals surface area contributed by atoms with Crippen LogP contribution in [0, 0.1) is 6.92 Å². The SMILES string of the molecule is COc1ccc(/C=N\O)c(C)c1. The molecule has 0 saturated heterocycles. The van der Waals surface area contributed by atoms with Gasteiger partial charge in [0.05, 0.1) is 13.3 Å². The smallest absolute Gasteiger partial charge is 0.119 e. The topological polar surface area (TPSA) is 41.8 Å². The fraction of sp³-hybridized carbons (Fsp3) is 0.222. The lowest BCUT2D eigenvalue weighted by molar-refractivity contribution is 0.322. The summed E-state index contributed by atoms with van der Waals surface area (Å²) in [6.45, 7) is 1.93. The molecule has 0 aliphatic heterocycles. The van der Waals surface area contributed by atoms with Crippen molar-refractivity contribution in [3.8, 4) is 5.75 Å². The summed E-state index contributed by atoms with van der Waals surface area (Å²) < 4.78 is 5.02. The zero-order valence-corrected chi connectivity index (χ0v) is 7.11. The second kappa shape index (κ2) is 3.76. The van der Waals surface area contributed by atoms with E-state index in [1.54, 1.807) is 7.11 Å². The molecule has 0 aliphatic rings. The van der Waals surface area contributed by atoms with Crippen molar-refractivity contribution >= 4 is 6.21 Å². The molecule has 1 aromatic rings. The molecule has 64 valence electrons. The second-order valence-corrected chi connectivity index (χ2v) is 2.47. The van der Waals surface area contributed by atoms with Crippen LogP contribution >= 0.6 is 0 Å². The number of ether oxygens (including phenoxy) is 1. The van der Waals surface area contributed by atoms with Gasteiger partial charge in [-0.2, -0.15) is 0 Å². The van der Waals surface area contributed by atoms with Gasteiger partial charge < -0.3 is 9.94 Å². The molecular weight excluding hydrogens is 154 g/mol. The first-order valence-electron chi connectivity index (χ1n) is 3.60. The molecule has 0 bridgehead atoms. The fourth-order valence-corrected chi connectivity index (χ4v) is 0.982. The Morgan fingerprint density at radius 1 is 1.50 bits per heavy atom. The number of methoxy groups -OCH3 is 1. The average Bonchev–Trinajstić information content (AvgIpc) is 2.09. The standard InChI is InChI=1S/C9H11NO2/c1-7-5-9(12-2)4-3-8(7)6-10-11/h3-6,11H,1-2H3/b10-6-. The third-order valence-corrected chi connectivity index (χ3v) is 1.67. The van der Waals surface area contributed by atoms with E-state index in [0.717, 1.165) is 16.9 Å². The number of nitrogens with zero attached hydrogens (tertiary/aromatic N) is 1. The Morgan fingerprint density at radius 3 is 2.75 bits per heavy atom. The Bertz CT molecular complexity index is 295. The number of benzene rings is 1. The van der Waals surface area contributed by atoms with Crippen LogP contribution < -0.4 is 4.74 Å². The number of oxime groups is 1. The molecule has 1 N–H and O–H groups in total. The maximum absolute atomic E-state index is 8.31. The van der Waals surface area contributed by atoms with Gasteiger partial charge in [-0.05, 0) is 36.2 Å². The Kier molecular flexibility index (Phi) is 2.69. The van der Waals surface area contributed by atoms with Crippen LogP contribution in [0.4, 0.5) is 0 Å². The van der Waals surface area contributed by atoms with Gasteiger partial charge in [0.1, 0.15) is 5.75 Å². The van der Waals surface area contributed by atoms with Gasteiger partial charge in [-0.3, -0.25) is 0 Å². The van der Waals surface area contributed by atoms with Crippen molar-refractivity contribution in [2.45, 2.75) is 6.92 Å². The molecule has 1 aromatic carbocycles. The molecule has 3 heteroatoms. The predicted molar refractivity (Wildman–Crippen MR) is 47.1 cm³/mol. The van der Waals surface area contributed by atoms with Crippen LogP contribution in [0.3, 0.4) is 0 Å². The highest BCUT2D eigenvalue weighted by molar-refractivity contribution is 5.81. The lowest BCUT2D eigenvalue weighted by Crippen LogP contribution is -1.89. The van der Waals surface area contributed by atoms with Crippen molar-refractivity contribution in [2.24, 2.45) is 5.16 Å². The van der Waals surface area contributed by atoms with Crippen molar-refractivity contribution in [3.63, 3.8) is 0 Å². The highest BCUT2D eigenvalue weighted by Crippen LogP contribution is 2.15. The third-order valence-electron chi connectivity index (χ3n) is 1.67. The largest absolute Gasteiger partial charge is 0.497 e. The molecule has 0 saturated carbocycles. The van der Waals surface area contributed by atoms with Gasteiger partial charge in [0.25, 0.3) is 0 Å². The quantitative estimate of drug-likeness (QED) is 0.412. The number of hydrogen-bond acceptors (Lipinski definition) is 3. The molecule has 0 amide bonds. The summed E-state index contributed by atoms with van der Waals surface area (Å²) in [6.07, 6.45) is 1.40. The highest BCUT2D eigenvalue weighted by atomic mass is 16.5. The minimum Gasteiger partial charge on any atom is -0.497 e. The van der Waals surface area contributed by atoms with Gasteiger partial charge in [-0.1, -0.05) is 5.16 Å². The lowest BCUT2D eigenvalue weighted by Gasteiger charge is -2.02. The Hall–Kier alpha value is -1.51. The summed E-state index contributed by atoms with van der Waals surface area (Å²) in [7, 11) is 1.62. The number of aryl methyl sites for hydroxylation is 1. The third kappa shape index (κ3) is 1.75. The highest BCUT2D eigenvalue weighted by Gasteiger charge is 1.96. The van der Waals surface area contributed by atoms with E-state index >= 15 is 0 Å². The van der Waals surface area contributed by atoms with Gasteiger partial charge in [0.15, 0.2) is 0 Å². The first kappa shape index (κ1) is 8.59. The summed E-state index contributed by atoms with van der Waals surface area (Å²) in [6, 6.07) is 5.55. The van der Waals surface area contributed by atoms with Crippen LogP contribution in [0.2, 0.25) is 0 Å². The predicted octanol–water partition coefficient (Wildman–Crippen LogP) is 1.81. The van der Waals surface area contributed by atoms with Crippen LogP contribution in [0.15, 0.2) is 23.4 Å². The van der Waals surface area contributed by atoms with Crippen molar-refractivity contribution in [2.75, 3.05) is 7.11 Å². The summed E-state index contributed by atoms with van der Waals surface area (Å²) in [5, 5.41) is 11.3. The molecule has 0 aromatic heterocycles. The van der Waals surface area contributed by atoms with Gasteiger partial charge >= 0.3 is 0 Å². The first-order valence-corrected chi connectivity index (χ1v) is 3.60. The summed E-state index contributed by atoms with van der Waals surface area (Å²) >= 11 is 0. The van der Waals surface area contributed by atoms with Crippen molar-refractivity contribution < 1.29 is 9.94 Å². The number of rotatable bonds is 2. The Balaban J connectivity index is 3.03. The lowest BCUT2D eigenvalue weighted by atomic mass is 10.1. The molecule has 0 heterocycles. The van der Waals surface area contributed by atoms with Crippen LogP contribution in [0.5, 0.6) is 5.75 Å². The molecule has 12 heavy (non-hydrogen) atoms. The zero-order chi connectivity index (χ0) is 8.97. The normalized spacial score (nSPS) is 10.5. The Labute approximate surface area is 71.3 Å². The zero-order valence-electron chi connectivity index (χ0n) is 7.11. The maximum Gasteiger partial charge on any atom is 0.119 e. The van der Waals surface area contributed by atoms with E-state index in [1.165, 1.54) is 6.21 Å². The molecule has 0 fully saturated rings. The summed E-state index contributed by atoms with van der Waals surface area (Å²) in [5.41, 5.74) is 1.91. The van der Waals surface area contributed by atoms with Crippen molar-refractivity contribution in [1.29, 1.82) is 0 Å². The van der Waals surface area contributed by atoms with Crippen LogP contribution in [-0.2, 0) is 0 Å². The van der Waals surface area contributed by atoms with Crippen molar-refractivity contribution in [3.05, 3.63) is 29.3 Å². The van der Waals surface area contributed by atoms with E-state index in [4.69, 9.17) is 9.94 Å². The minimum absolute atomic E-state index is 0.808. The number of hydrogen-bond donors (Lipinski definition) is 1. The fourth-order valence-electron chi connectivity index (χ4n) is 0.982. The van der Waals surface area contributed by atoms with E-state index in [-0.39, 0.29) is 0 Å². The maximum atomic E-state index is 8.31. The first-order chi connectivity index (χ1) is 5.77. The monoisotopic (exact) mass is 165 g/mol. The average molecular weight is 165 g/mol. The molecular formula is C9H11NO2. The van der Waals surface area contributed by atoms with E-state index in [0.29, 0.717) is 0 Å². The molecule has 0 spiro atoms. The van der Waals surface area contributed by atoms with E-state index in [9.17, 15) is 0 Å². The summed E-state index contributed by atoms with van der Waals surface area (Å²) in [4.78, 5) is 0. The molecule has 0 radical (unpaired) electrons. The van der Waals surface area contributed by atoms with Gasteiger partial charge in [-0.15, -0.1) is 0 Å².